The van der Waals surface area contributed by atoms with Crippen molar-refractivity contribution in [2.24, 2.45) is 0 Å². The Morgan fingerprint density at radius 2 is 2.00 bits per heavy atom. The maximum absolute atomic E-state index is 5.84. The number of fused-ring (bicyclic) bond motifs is 1. The number of halogens is 1. The van der Waals surface area contributed by atoms with Crippen molar-refractivity contribution in [3.63, 3.8) is 0 Å². The second-order valence-electron chi connectivity index (χ2n) is 5.92. The Labute approximate surface area is 159 Å². The number of para-hydroxylation sites is 1. The molecule has 0 radical (unpaired) electrons. The number of hydrogen-bond acceptors (Lipinski definition) is 5. The normalized spacial score (nSPS) is 19.1. The highest BCUT2D eigenvalue weighted by Gasteiger charge is 2.32. The fourth-order valence-electron chi connectivity index (χ4n) is 3.25. The van der Waals surface area contributed by atoms with Crippen LogP contribution in [0.25, 0.3) is 0 Å². The summed E-state index contributed by atoms with van der Waals surface area (Å²) >= 11 is 2.32. The lowest BCUT2D eigenvalue weighted by Gasteiger charge is -2.31. The van der Waals surface area contributed by atoms with Gasteiger partial charge in [-0.15, -0.1) is 0 Å². The van der Waals surface area contributed by atoms with Crippen molar-refractivity contribution in [1.29, 1.82) is 0 Å². The number of benzene rings is 2. The smallest absolute Gasteiger partial charge is 0.243 e. The predicted molar refractivity (Wildman–Crippen MR) is 104 cm³/mol. The lowest BCUT2D eigenvalue weighted by Crippen LogP contribution is -2.28. The van der Waals surface area contributed by atoms with Gasteiger partial charge in [-0.05, 0) is 70.1 Å². The van der Waals surface area contributed by atoms with Crippen molar-refractivity contribution in [3.05, 3.63) is 63.2 Å². The fraction of sp³-hybridized carbons (Fsp3) is 0.278. The zero-order valence-corrected chi connectivity index (χ0v) is 15.9. The lowest BCUT2D eigenvalue weighted by atomic mass is 9.93. The number of tetrazole rings is 1. The highest BCUT2D eigenvalue weighted by atomic mass is 127. The molecule has 0 saturated heterocycles. The van der Waals surface area contributed by atoms with Gasteiger partial charge in [0.2, 0.25) is 5.95 Å². The van der Waals surface area contributed by atoms with Crippen molar-refractivity contribution in [2.75, 3.05) is 11.9 Å². The number of nitrogens with one attached hydrogen (secondary N) is 1. The van der Waals surface area contributed by atoms with Crippen LogP contribution in [0.2, 0.25) is 0 Å². The number of hydrogen-bond donors (Lipinski definition) is 1. The molecule has 3 aromatic rings. The lowest BCUT2D eigenvalue weighted by molar-refractivity contribution is 0.325. The molecular formula is C18H18IN5O. The Morgan fingerprint density at radius 3 is 2.80 bits per heavy atom. The Kier molecular flexibility index (Phi) is 4.56. The topological polar surface area (TPSA) is 64.9 Å². The molecule has 128 valence electrons. The highest BCUT2D eigenvalue weighted by Crippen LogP contribution is 2.40. The first kappa shape index (κ1) is 16.3. The van der Waals surface area contributed by atoms with Gasteiger partial charge in [0.15, 0.2) is 0 Å². The van der Waals surface area contributed by atoms with Gasteiger partial charge in [0, 0.05) is 9.13 Å². The largest absolute Gasteiger partial charge is 0.494 e. The molecule has 1 aliphatic heterocycles. The summed E-state index contributed by atoms with van der Waals surface area (Å²) in [7, 11) is 0. The van der Waals surface area contributed by atoms with E-state index in [1.165, 1.54) is 9.13 Å². The monoisotopic (exact) mass is 447 g/mol. The highest BCUT2D eigenvalue weighted by molar-refractivity contribution is 14.1. The summed E-state index contributed by atoms with van der Waals surface area (Å²) in [6, 6.07) is 16.9. The Balaban J connectivity index is 1.74. The predicted octanol–water partition coefficient (Wildman–Crippen LogP) is 3.82. The van der Waals surface area contributed by atoms with E-state index in [9.17, 15) is 0 Å². The summed E-state index contributed by atoms with van der Waals surface area (Å²) in [6.45, 7) is 2.63. The molecule has 1 aliphatic rings. The first-order chi connectivity index (χ1) is 12.3. The van der Waals surface area contributed by atoms with Gasteiger partial charge < -0.3 is 10.1 Å². The average Bonchev–Trinajstić information content (AvgIpc) is 3.11. The van der Waals surface area contributed by atoms with E-state index in [2.05, 4.69) is 73.8 Å². The number of nitrogens with zero attached hydrogens (tertiary/aromatic N) is 4. The second kappa shape index (κ2) is 6.99. The second-order valence-corrected chi connectivity index (χ2v) is 7.16. The van der Waals surface area contributed by atoms with E-state index in [1.807, 2.05) is 29.8 Å². The Bertz CT molecular complexity index is 864. The van der Waals surface area contributed by atoms with Crippen molar-refractivity contribution in [1.82, 2.24) is 20.2 Å². The van der Waals surface area contributed by atoms with Crippen LogP contribution in [0.4, 0.5) is 5.95 Å². The van der Waals surface area contributed by atoms with E-state index in [4.69, 9.17) is 4.74 Å². The molecule has 0 unspecified atom stereocenters. The van der Waals surface area contributed by atoms with E-state index in [0.717, 1.165) is 17.7 Å². The first-order valence-electron chi connectivity index (χ1n) is 8.28. The average molecular weight is 447 g/mol. The third-order valence-electron chi connectivity index (χ3n) is 4.40. The molecule has 6 nitrogen and oxygen atoms in total. The van der Waals surface area contributed by atoms with Crippen LogP contribution in [0.3, 0.4) is 0 Å². The maximum atomic E-state index is 5.84. The number of ether oxygens (including phenoxy) is 1. The minimum Gasteiger partial charge on any atom is -0.494 e. The molecule has 0 spiro atoms. The van der Waals surface area contributed by atoms with E-state index < -0.39 is 0 Å². The molecule has 4 rings (SSSR count). The number of rotatable bonds is 4. The van der Waals surface area contributed by atoms with E-state index in [-0.39, 0.29) is 12.1 Å². The van der Waals surface area contributed by atoms with Crippen LogP contribution in [-0.4, -0.2) is 26.8 Å². The van der Waals surface area contributed by atoms with Gasteiger partial charge in [-0.2, -0.15) is 0 Å². The maximum Gasteiger partial charge on any atom is 0.243 e. The molecule has 2 atom stereocenters. The van der Waals surface area contributed by atoms with Crippen LogP contribution >= 0.6 is 22.6 Å². The van der Waals surface area contributed by atoms with Crippen LogP contribution in [-0.2, 0) is 0 Å². The molecular weight excluding hydrogens is 429 g/mol. The van der Waals surface area contributed by atoms with E-state index in [1.54, 1.807) is 0 Å². The Morgan fingerprint density at radius 1 is 1.20 bits per heavy atom. The van der Waals surface area contributed by atoms with E-state index >= 15 is 0 Å². The van der Waals surface area contributed by atoms with Gasteiger partial charge in [0.05, 0.1) is 18.7 Å². The fourth-order valence-corrected chi connectivity index (χ4v) is 3.61. The standard InChI is InChI=1S/C18H18IN5O/c1-2-25-17-6-4-3-5-14(17)16-11-15(12-7-9-13(19)10-8-12)20-18-21-22-23-24(16)18/h3-10,15-16H,2,11H2,1H3,(H,20,21,23)/t15-,16+/m0/s1. The van der Waals surface area contributed by atoms with Crippen molar-refractivity contribution in [3.8, 4) is 5.75 Å². The summed E-state index contributed by atoms with van der Waals surface area (Å²) in [5.74, 6) is 1.57. The summed E-state index contributed by atoms with van der Waals surface area (Å²) in [4.78, 5) is 0. The van der Waals surface area contributed by atoms with E-state index in [0.29, 0.717) is 12.6 Å². The van der Waals surface area contributed by atoms with Crippen LogP contribution in [0.15, 0.2) is 48.5 Å². The van der Waals surface area contributed by atoms with Crippen LogP contribution < -0.4 is 10.1 Å². The molecule has 0 aliphatic carbocycles. The molecule has 1 N–H and O–H groups in total. The van der Waals surface area contributed by atoms with Gasteiger partial charge in [-0.3, -0.25) is 0 Å². The summed E-state index contributed by atoms with van der Waals surface area (Å²) in [6.07, 6.45) is 0.850. The van der Waals surface area contributed by atoms with Gasteiger partial charge in [0.1, 0.15) is 5.75 Å². The van der Waals surface area contributed by atoms with Crippen LogP contribution in [0.5, 0.6) is 5.75 Å². The molecule has 0 fully saturated rings. The summed E-state index contributed by atoms with van der Waals surface area (Å²) < 4.78 is 8.91. The molecule has 1 aromatic heterocycles. The van der Waals surface area contributed by atoms with Gasteiger partial charge in [0.25, 0.3) is 0 Å². The molecule has 7 heteroatoms. The Hall–Kier alpha value is -2.16. The summed E-state index contributed by atoms with van der Waals surface area (Å²) in [5, 5.41) is 15.6. The minimum atomic E-state index is 0.0262. The van der Waals surface area contributed by atoms with Gasteiger partial charge in [-0.25, -0.2) is 4.68 Å². The molecule has 2 heterocycles. The SMILES string of the molecule is CCOc1ccccc1[C@H]1C[C@@H](c2ccc(I)cc2)Nc2nnnn21. The van der Waals surface area contributed by atoms with Crippen molar-refractivity contribution >= 4 is 28.5 Å². The molecule has 25 heavy (non-hydrogen) atoms. The minimum absolute atomic E-state index is 0.0262. The first-order valence-corrected chi connectivity index (χ1v) is 9.35. The van der Waals surface area contributed by atoms with Crippen LogP contribution in [0.1, 0.15) is 36.6 Å². The van der Waals surface area contributed by atoms with Gasteiger partial charge >= 0.3 is 0 Å². The summed E-state index contributed by atoms with van der Waals surface area (Å²) in [5.41, 5.74) is 2.34. The number of aromatic nitrogens is 4. The number of anilines is 1. The molecule has 0 bridgehead atoms. The third kappa shape index (κ3) is 3.20. The molecule has 2 aromatic carbocycles. The van der Waals surface area contributed by atoms with Crippen molar-refractivity contribution < 1.29 is 4.74 Å². The third-order valence-corrected chi connectivity index (χ3v) is 5.12. The zero-order valence-electron chi connectivity index (χ0n) is 13.8. The van der Waals surface area contributed by atoms with Gasteiger partial charge in [-0.1, -0.05) is 35.4 Å². The quantitative estimate of drug-likeness (QED) is 0.617. The molecule has 0 amide bonds. The zero-order chi connectivity index (χ0) is 17.2. The van der Waals surface area contributed by atoms with Crippen LogP contribution in [0, 0.1) is 3.57 Å². The molecule has 0 saturated carbocycles. The van der Waals surface area contributed by atoms with Crippen molar-refractivity contribution in [2.45, 2.75) is 25.4 Å².